The molecule has 3 heterocycles. The van der Waals surface area contributed by atoms with Crippen molar-refractivity contribution in [1.29, 1.82) is 0 Å². The van der Waals surface area contributed by atoms with Gasteiger partial charge in [0.1, 0.15) is 0 Å². The lowest BCUT2D eigenvalue weighted by molar-refractivity contribution is -0.158. The van der Waals surface area contributed by atoms with Gasteiger partial charge in [-0.25, -0.2) is 4.98 Å². The molecule has 1 atom stereocenters. The molecule has 0 amide bonds. The number of halogens is 1. The molecule has 2 aromatic heterocycles. The summed E-state index contributed by atoms with van der Waals surface area (Å²) in [5, 5.41) is 9.31. The SMILES string of the molecule is CCOC(=O)C(C/C=C/Cn1cnc2c(N3CCOCC3)nc(Cl)nc21)C(=O)O. The molecule has 1 unspecified atom stereocenters. The van der Waals surface area contributed by atoms with Gasteiger partial charge in [0.25, 0.3) is 0 Å². The van der Waals surface area contributed by atoms with E-state index in [4.69, 9.17) is 21.1 Å². The molecule has 29 heavy (non-hydrogen) atoms. The minimum atomic E-state index is -1.23. The van der Waals surface area contributed by atoms with E-state index < -0.39 is 17.9 Å². The van der Waals surface area contributed by atoms with Crippen molar-refractivity contribution in [2.75, 3.05) is 37.8 Å². The quantitative estimate of drug-likeness (QED) is 0.291. The number of ether oxygens (including phenoxy) is 2. The summed E-state index contributed by atoms with van der Waals surface area (Å²) in [6.07, 6.45) is 5.05. The summed E-state index contributed by atoms with van der Waals surface area (Å²) in [7, 11) is 0. The zero-order valence-electron chi connectivity index (χ0n) is 16.0. The number of carboxylic acids is 1. The first-order chi connectivity index (χ1) is 14.0. The molecule has 156 valence electrons. The van der Waals surface area contributed by atoms with Gasteiger partial charge in [0.05, 0.1) is 26.1 Å². The fraction of sp³-hybridized carbons (Fsp3) is 0.500. The highest BCUT2D eigenvalue weighted by atomic mass is 35.5. The molecule has 0 aromatic carbocycles. The van der Waals surface area contributed by atoms with Crippen LogP contribution in [0.1, 0.15) is 13.3 Å². The number of allylic oxidation sites excluding steroid dienone is 2. The number of carboxylic acid groups (broad SMARTS) is 1. The highest BCUT2D eigenvalue weighted by Gasteiger charge is 2.26. The van der Waals surface area contributed by atoms with Crippen molar-refractivity contribution in [2.24, 2.45) is 5.92 Å². The molecular formula is C18H22ClN5O5. The van der Waals surface area contributed by atoms with Crippen molar-refractivity contribution < 1.29 is 24.2 Å². The maximum atomic E-state index is 11.7. The second-order valence-electron chi connectivity index (χ2n) is 6.33. The number of hydrogen-bond acceptors (Lipinski definition) is 8. The molecule has 10 nitrogen and oxygen atoms in total. The van der Waals surface area contributed by atoms with Crippen LogP contribution in [0.5, 0.6) is 0 Å². The monoisotopic (exact) mass is 423 g/mol. The number of rotatable bonds is 8. The van der Waals surface area contributed by atoms with Gasteiger partial charge in [-0.3, -0.25) is 9.59 Å². The average molecular weight is 424 g/mol. The number of imidazole rings is 1. The summed E-state index contributed by atoms with van der Waals surface area (Å²) in [4.78, 5) is 38.0. The number of esters is 1. The molecule has 11 heteroatoms. The molecule has 1 aliphatic heterocycles. The maximum Gasteiger partial charge on any atom is 0.320 e. The topological polar surface area (TPSA) is 120 Å². The predicted octanol–water partition coefficient (Wildman–Crippen LogP) is 1.53. The minimum absolute atomic E-state index is 0.0373. The Labute approximate surface area is 172 Å². The van der Waals surface area contributed by atoms with Gasteiger partial charge in [-0.1, -0.05) is 12.2 Å². The molecule has 2 aromatic rings. The van der Waals surface area contributed by atoms with Crippen LogP contribution >= 0.6 is 11.6 Å². The Hall–Kier alpha value is -2.72. The van der Waals surface area contributed by atoms with E-state index in [0.29, 0.717) is 49.8 Å². The predicted molar refractivity (Wildman–Crippen MR) is 105 cm³/mol. The summed E-state index contributed by atoms with van der Waals surface area (Å²) in [5.74, 6) is -2.52. The van der Waals surface area contributed by atoms with E-state index in [1.165, 1.54) is 0 Å². The summed E-state index contributed by atoms with van der Waals surface area (Å²) in [6, 6.07) is 0. The first-order valence-corrected chi connectivity index (χ1v) is 9.64. The van der Waals surface area contributed by atoms with Gasteiger partial charge in [0, 0.05) is 19.6 Å². The van der Waals surface area contributed by atoms with E-state index >= 15 is 0 Å². The smallest absolute Gasteiger partial charge is 0.320 e. The lowest BCUT2D eigenvalue weighted by atomic mass is 10.1. The first-order valence-electron chi connectivity index (χ1n) is 9.26. The molecule has 0 spiro atoms. The first kappa shape index (κ1) is 21.0. The summed E-state index contributed by atoms with van der Waals surface area (Å²) in [6.45, 7) is 4.77. The number of hydrogen-bond donors (Lipinski definition) is 1. The van der Waals surface area contributed by atoms with Crippen molar-refractivity contribution in [3.8, 4) is 0 Å². The second kappa shape index (κ2) is 9.66. The van der Waals surface area contributed by atoms with E-state index in [-0.39, 0.29) is 18.3 Å². The third-order valence-electron chi connectivity index (χ3n) is 4.44. The van der Waals surface area contributed by atoms with Crippen molar-refractivity contribution in [3.05, 3.63) is 23.8 Å². The van der Waals surface area contributed by atoms with Crippen LogP contribution in [0.3, 0.4) is 0 Å². The van der Waals surface area contributed by atoms with E-state index in [1.807, 2.05) is 0 Å². The molecule has 3 rings (SSSR count). The molecule has 0 bridgehead atoms. The van der Waals surface area contributed by atoms with Gasteiger partial charge in [-0.15, -0.1) is 0 Å². The molecule has 0 saturated carbocycles. The zero-order valence-corrected chi connectivity index (χ0v) is 16.7. The number of carbonyl (C=O) groups is 2. The van der Waals surface area contributed by atoms with Gasteiger partial charge in [0.2, 0.25) is 5.28 Å². The number of fused-ring (bicyclic) bond motifs is 1. The Morgan fingerprint density at radius 1 is 1.34 bits per heavy atom. The number of anilines is 1. The molecule has 1 saturated heterocycles. The molecule has 0 radical (unpaired) electrons. The van der Waals surface area contributed by atoms with Gasteiger partial charge in [-0.2, -0.15) is 9.97 Å². The zero-order chi connectivity index (χ0) is 20.8. The Morgan fingerprint density at radius 3 is 2.79 bits per heavy atom. The highest BCUT2D eigenvalue weighted by molar-refractivity contribution is 6.28. The van der Waals surface area contributed by atoms with Crippen LogP contribution in [0.15, 0.2) is 18.5 Å². The number of nitrogens with zero attached hydrogens (tertiary/aromatic N) is 5. The van der Waals surface area contributed by atoms with Gasteiger partial charge >= 0.3 is 11.9 Å². The normalized spacial score (nSPS) is 15.7. The van der Waals surface area contributed by atoms with Gasteiger partial charge in [-0.05, 0) is 24.9 Å². The second-order valence-corrected chi connectivity index (χ2v) is 6.67. The molecular weight excluding hydrogens is 402 g/mol. The Kier molecular flexibility index (Phi) is 6.99. The average Bonchev–Trinajstić information content (AvgIpc) is 3.10. The van der Waals surface area contributed by atoms with E-state index in [9.17, 15) is 14.7 Å². The number of morpholine rings is 1. The van der Waals surface area contributed by atoms with Crippen LogP contribution in [-0.4, -0.2) is 69.5 Å². The van der Waals surface area contributed by atoms with E-state index in [2.05, 4.69) is 19.9 Å². The third-order valence-corrected chi connectivity index (χ3v) is 4.61. The lowest BCUT2D eigenvalue weighted by Crippen LogP contribution is -2.37. The molecule has 1 N–H and O–H groups in total. The third kappa shape index (κ3) is 5.01. The van der Waals surface area contributed by atoms with Gasteiger partial charge in [0.15, 0.2) is 22.9 Å². The Balaban J connectivity index is 1.73. The van der Waals surface area contributed by atoms with Crippen LogP contribution < -0.4 is 4.90 Å². The summed E-state index contributed by atoms with van der Waals surface area (Å²) in [5.41, 5.74) is 1.22. The largest absolute Gasteiger partial charge is 0.481 e. The highest BCUT2D eigenvalue weighted by Crippen LogP contribution is 2.25. The number of aromatic nitrogens is 4. The van der Waals surface area contributed by atoms with Crippen molar-refractivity contribution >= 4 is 40.5 Å². The maximum absolute atomic E-state index is 11.7. The van der Waals surface area contributed by atoms with Crippen molar-refractivity contribution in [2.45, 2.75) is 19.9 Å². The van der Waals surface area contributed by atoms with E-state index in [0.717, 1.165) is 0 Å². The number of aliphatic carboxylic acids is 1. The fourth-order valence-corrected chi connectivity index (χ4v) is 3.15. The fourth-order valence-electron chi connectivity index (χ4n) is 2.99. The van der Waals surface area contributed by atoms with Crippen LogP contribution in [-0.2, 0) is 25.6 Å². The number of carbonyl (C=O) groups excluding carboxylic acids is 1. The molecule has 1 fully saturated rings. The minimum Gasteiger partial charge on any atom is -0.481 e. The standard InChI is InChI=1S/C18H22ClN5O5/c1-2-29-17(27)12(16(25)26)5-3-4-6-24-11-20-13-14(21-18(19)22-15(13)24)23-7-9-28-10-8-23/h3-4,11-12H,2,5-10H2,1H3,(H,25,26)/b4-3+. The van der Waals surface area contributed by atoms with Crippen LogP contribution in [0, 0.1) is 5.92 Å². The van der Waals surface area contributed by atoms with Crippen LogP contribution in [0.4, 0.5) is 5.82 Å². The Bertz CT molecular complexity index is 909. The van der Waals surface area contributed by atoms with Crippen molar-refractivity contribution in [3.63, 3.8) is 0 Å². The Morgan fingerprint density at radius 2 is 2.10 bits per heavy atom. The molecule has 0 aliphatic carbocycles. The summed E-state index contributed by atoms with van der Waals surface area (Å²) >= 11 is 6.12. The van der Waals surface area contributed by atoms with Crippen LogP contribution in [0.2, 0.25) is 5.28 Å². The summed E-state index contributed by atoms with van der Waals surface area (Å²) < 4.78 is 12.0. The van der Waals surface area contributed by atoms with Crippen molar-refractivity contribution in [1.82, 2.24) is 19.5 Å². The van der Waals surface area contributed by atoms with Crippen LogP contribution in [0.25, 0.3) is 11.2 Å². The molecule has 1 aliphatic rings. The van der Waals surface area contributed by atoms with E-state index in [1.54, 1.807) is 30.0 Å². The lowest BCUT2D eigenvalue weighted by Gasteiger charge is -2.27. The van der Waals surface area contributed by atoms with Gasteiger partial charge < -0.3 is 24.0 Å².